The van der Waals surface area contributed by atoms with Crippen LogP contribution in [0.2, 0.25) is 0 Å². The number of nitrogens with one attached hydrogen (secondary N) is 1. The van der Waals surface area contributed by atoms with Gasteiger partial charge in [0.05, 0.1) is 18.6 Å². The third kappa shape index (κ3) is 2.48. The number of carbonyl (C=O) groups is 1. The standard InChI is InChI=1S/C13H16N2O4/c1-7(2)18-11-9-6-8(17-3)4-5-10(9)19-12(11)13(16)15-14/h4-7H,14H2,1-3H3,(H,15,16). The van der Waals surface area contributed by atoms with E-state index in [9.17, 15) is 4.79 Å². The van der Waals surface area contributed by atoms with Crippen LogP contribution in [0.25, 0.3) is 11.0 Å². The Hall–Kier alpha value is -2.21. The first kappa shape index (κ1) is 13.2. The summed E-state index contributed by atoms with van der Waals surface area (Å²) in [5.41, 5.74) is 2.58. The second-order valence-electron chi connectivity index (χ2n) is 4.26. The van der Waals surface area contributed by atoms with Crippen LogP contribution in [0.1, 0.15) is 24.4 Å². The molecular formula is C13H16N2O4. The first-order valence-corrected chi connectivity index (χ1v) is 5.85. The highest BCUT2D eigenvalue weighted by atomic mass is 16.5. The number of furan rings is 1. The van der Waals surface area contributed by atoms with E-state index in [0.717, 1.165) is 0 Å². The van der Waals surface area contributed by atoms with E-state index in [1.807, 2.05) is 19.3 Å². The average molecular weight is 264 g/mol. The highest BCUT2D eigenvalue weighted by Crippen LogP contribution is 2.36. The Balaban J connectivity index is 2.63. The number of methoxy groups -OCH3 is 1. The van der Waals surface area contributed by atoms with Crippen molar-refractivity contribution in [1.29, 1.82) is 0 Å². The van der Waals surface area contributed by atoms with Crippen molar-refractivity contribution < 1.29 is 18.7 Å². The van der Waals surface area contributed by atoms with E-state index in [1.165, 1.54) is 0 Å². The van der Waals surface area contributed by atoms with Crippen LogP contribution in [0, 0.1) is 0 Å². The van der Waals surface area contributed by atoms with E-state index in [4.69, 9.17) is 19.7 Å². The van der Waals surface area contributed by atoms with Crippen LogP contribution in [-0.2, 0) is 0 Å². The minimum Gasteiger partial charge on any atom is -0.497 e. The second kappa shape index (κ2) is 5.19. The third-order valence-corrected chi connectivity index (χ3v) is 2.54. The maximum absolute atomic E-state index is 11.7. The third-order valence-electron chi connectivity index (χ3n) is 2.54. The summed E-state index contributed by atoms with van der Waals surface area (Å²) in [5.74, 6) is 5.68. The van der Waals surface area contributed by atoms with Crippen molar-refractivity contribution in [3.63, 3.8) is 0 Å². The van der Waals surface area contributed by atoms with Crippen LogP contribution in [-0.4, -0.2) is 19.1 Å². The van der Waals surface area contributed by atoms with Crippen molar-refractivity contribution in [3.8, 4) is 11.5 Å². The first-order valence-electron chi connectivity index (χ1n) is 5.85. The molecule has 0 fully saturated rings. The zero-order chi connectivity index (χ0) is 14.0. The summed E-state index contributed by atoms with van der Waals surface area (Å²) in [6, 6.07) is 5.22. The number of hydrogen-bond acceptors (Lipinski definition) is 5. The van der Waals surface area contributed by atoms with E-state index in [1.54, 1.807) is 25.3 Å². The number of ether oxygens (including phenoxy) is 2. The molecule has 6 nitrogen and oxygen atoms in total. The largest absolute Gasteiger partial charge is 0.497 e. The average Bonchev–Trinajstić information content (AvgIpc) is 2.75. The van der Waals surface area contributed by atoms with Crippen molar-refractivity contribution in [1.82, 2.24) is 5.43 Å². The lowest BCUT2D eigenvalue weighted by Crippen LogP contribution is -2.30. The Morgan fingerprint density at radius 1 is 1.42 bits per heavy atom. The second-order valence-corrected chi connectivity index (χ2v) is 4.26. The molecule has 0 aliphatic carbocycles. The van der Waals surface area contributed by atoms with Gasteiger partial charge in [0.2, 0.25) is 5.76 Å². The summed E-state index contributed by atoms with van der Waals surface area (Å²) in [5, 5.41) is 0.673. The minimum absolute atomic E-state index is 0.0550. The predicted octanol–water partition coefficient (Wildman–Crippen LogP) is 1.83. The molecule has 2 rings (SSSR count). The molecule has 0 aliphatic rings. The van der Waals surface area contributed by atoms with Gasteiger partial charge in [0.1, 0.15) is 11.3 Å². The molecule has 19 heavy (non-hydrogen) atoms. The molecule has 0 bridgehead atoms. The van der Waals surface area contributed by atoms with E-state index < -0.39 is 5.91 Å². The molecule has 0 radical (unpaired) electrons. The smallest absolute Gasteiger partial charge is 0.304 e. The van der Waals surface area contributed by atoms with Gasteiger partial charge in [-0.3, -0.25) is 10.2 Å². The Morgan fingerprint density at radius 2 is 2.16 bits per heavy atom. The SMILES string of the molecule is COc1ccc2oc(C(=O)NN)c(OC(C)C)c2c1. The molecule has 1 aromatic heterocycles. The number of hydrazine groups is 1. The number of benzene rings is 1. The summed E-state index contributed by atoms with van der Waals surface area (Å²) in [6.07, 6.45) is -0.101. The number of nitrogen functional groups attached to an aromatic ring is 1. The quantitative estimate of drug-likeness (QED) is 0.500. The Kier molecular flexibility index (Phi) is 3.62. The minimum atomic E-state index is -0.536. The molecule has 1 amide bonds. The number of amides is 1. The van der Waals surface area contributed by atoms with Gasteiger partial charge in [-0.25, -0.2) is 5.84 Å². The Labute approximate surface area is 110 Å². The van der Waals surface area contributed by atoms with Gasteiger partial charge in [0.25, 0.3) is 0 Å². The van der Waals surface area contributed by atoms with Crippen molar-refractivity contribution >= 4 is 16.9 Å². The van der Waals surface area contributed by atoms with Gasteiger partial charge in [-0.15, -0.1) is 0 Å². The van der Waals surface area contributed by atoms with E-state index >= 15 is 0 Å². The molecule has 1 heterocycles. The summed E-state index contributed by atoms with van der Waals surface area (Å²) in [4.78, 5) is 11.7. The zero-order valence-electron chi connectivity index (χ0n) is 11.0. The van der Waals surface area contributed by atoms with Crippen LogP contribution < -0.4 is 20.7 Å². The lowest BCUT2D eigenvalue weighted by atomic mass is 10.2. The van der Waals surface area contributed by atoms with Gasteiger partial charge in [-0.1, -0.05) is 0 Å². The molecule has 0 unspecified atom stereocenters. The molecule has 0 spiro atoms. The molecule has 102 valence electrons. The number of hydrogen-bond donors (Lipinski definition) is 2. The summed E-state index contributed by atoms with van der Waals surface area (Å²) in [6.45, 7) is 3.73. The van der Waals surface area contributed by atoms with Gasteiger partial charge in [-0.05, 0) is 32.0 Å². The number of nitrogens with two attached hydrogens (primary N) is 1. The number of carbonyl (C=O) groups excluding carboxylic acids is 1. The molecule has 0 aliphatic heterocycles. The van der Waals surface area contributed by atoms with Crippen LogP contribution in [0.15, 0.2) is 22.6 Å². The van der Waals surface area contributed by atoms with Gasteiger partial charge in [0.15, 0.2) is 5.75 Å². The molecule has 3 N–H and O–H groups in total. The fourth-order valence-corrected chi connectivity index (χ4v) is 1.75. The maximum Gasteiger partial charge on any atom is 0.304 e. The molecule has 0 atom stereocenters. The molecule has 0 saturated heterocycles. The molecule has 2 aromatic rings. The fraction of sp³-hybridized carbons (Fsp3) is 0.308. The van der Waals surface area contributed by atoms with Crippen LogP contribution in [0.5, 0.6) is 11.5 Å². The van der Waals surface area contributed by atoms with E-state index in [-0.39, 0.29) is 11.9 Å². The first-order chi connectivity index (χ1) is 9.06. The number of rotatable bonds is 4. The van der Waals surface area contributed by atoms with Gasteiger partial charge in [0, 0.05) is 0 Å². The van der Waals surface area contributed by atoms with Gasteiger partial charge in [-0.2, -0.15) is 0 Å². The zero-order valence-corrected chi connectivity index (χ0v) is 11.0. The maximum atomic E-state index is 11.7. The van der Waals surface area contributed by atoms with Crippen LogP contribution in [0.4, 0.5) is 0 Å². The van der Waals surface area contributed by atoms with Crippen molar-refractivity contribution in [2.45, 2.75) is 20.0 Å². The topological polar surface area (TPSA) is 86.7 Å². The monoisotopic (exact) mass is 264 g/mol. The lowest BCUT2D eigenvalue weighted by Gasteiger charge is -2.09. The van der Waals surface area contributed by atoms with Crippen molar-refractivity contribution in [3.05, 3.63) is 24.0 Å². The molecule has 0 saturated carbocycles. The highest BCUT2D eigenvalue weighted by Gasteiger charge is 2.22. The van der Waals surface area contributed by atoms with Crippen molar-refractivity contribution in [2.24, 2.45) is 5.84 Å². The summed E-state index contributed by atoms with van der Waals surface area (Å²) in [7, 11) is 1.57. The van der Waals surface area contributed by atoms with Crippen LogP contribution >= 0.6 is 0 Å². The van der Waals surface area contributed by atoms with E-state index in [2.05, 4.69) is 0 Å². The van der Waals surface area contributed by atoms with Gasteiger partial charge < -0.3 is 13.9 Å². The molecular weight excluding hydrogens is 248 g/mol. The highest BCUT2D eigenvalue weighted by molar-refractivity contribution is 6.01. The normalized spacial score (nSPS) is 10.8. The fourth-order valence-electron chi connectivity index (χ4n) is 1.75. The van der Waals surface area contributed by atoms with Gasteiger partial charge >= 0.3 is 5.91 Å². The Morgan fingerprint density at radius 3 is 2.74 bits per heavy atom. The summed E-state index contributed by atoms with van der Waals surface area (Å²) >= 11 is 0. The van der Waals surface area contributed by atoms with E-state index in [0.29, 0.717) is 22.5 Å². The summed E-state index contributed by atoms with van der Waals surface area (Å²) < 4.78 is 16.3. The predicted molar refractivity (Wildman–Crippen MR) is 70.2 cm³/mol. The molecule has 1 aromatic carbocycles. The van der Waals surface area contributed by atoms with Crippen LogP contribution in [0.3, 0.4) is 0 Å². The lowest BCUT2D eigenvalue weighted by molar-refractivity contribution is 0.0920. The van der Waals surface area contributed by atoms with Crippen molar-refractivity contribution in [2.75, 3.05) is 7.11 Å². The molecule has 6 heteroatoms. The number of fused-ring (bicyclic) bond motifs is 1. The Bertz CT molecular complexity index is 604.